The van der Waals surface area contributed by atoms with Gasteiger partial charge in [0.05, 0.1) is 16.0 Å². The largest absolute Gasteiger partial charge is 0.443 e. The van der Waals surface area contributed by atoms with Crippen molar-refractivity contribution in [2.24, 2.45) is 0 Å². The molecule has 1 aromatic heterocycles. The number of nitrogens with zero attached hydrogens (tertiary/aromatic N) is 2. The van der Waals surface area contributed by atoms with Gasteiger partial charge in [-0.15, -0.1) is 0 Å². The molecule has 0 saturated carbocycles. The highest BCUT2D eigenvalue weighted by atomic mass is 79.9. The van der Waals surface area contributed by atoms with Gasteiger partial charge in [-0.05, 0) is 60.2 Å². The lowest BCUT2D eigenvalue weighted by Crippen LogP contribution is -2.35. The van der Waals surface area contributed by atoms with Crippen molar-refractivity contribution in [2.75, 3.05) is 7.05 Å². The number of amides is 1. The van der Waals surface area contributed by atoms with Crippen molar-refractivity contribution in [3.05, 3.63) is 15.0 Å². The lowest BCUT2D eigenvalue weighted by molar-refractivity contribution is 0.0143. The molecule has 1 heterocycles. The summed E-state index contributed by atoms with van der Waals surface area (Å²) in [4.78, 5) is 13.5. The van der Waals surface area contributed by atoms with Gasteiger partial charge in [-0.2, -0.15) is 4.37 Å². The Kier molecular flexibility index (Phi) is 5.16. The number of carbonyl (C=O) groups excluding carboxylic acids is 1. The first-order chi connectivity index (χ1) is 8.26. The summed E-state index contributed by atoms with van der Waals surface area (Å²) in [5.74, 6) is 0. The quantitative estimate of drug-likeness (QED) is 0.836. The number of halogens is 1. The minimum absolute atomic E-state index is 0.314. The summed E-state index contributed by atoms with van der Waals surface area (Å²) in [6.07, 6.45) is 0.471. The fourth-order valence-corrected chi connectivity index (χ4v) is 2.25. The van der Waals surface area contributed by atoms with E-state index in [0.29, 0.717) is 6.54 Å². The Balaban J connectivity index is 2.63. The Labute approximate surface area is 121 Å². The van der Waals surface area contributed by atoms with Gasteiger partial charge in [0.2, 0.25) is 0 Å². The van der Waals surface area contributed by atoms with Gasteiger partial charge in [0.1, 0.15) is 5.60 Å². The molecule has 0 spiro atoms. The zero-order valence-electron chi connectivity index (χ0n) is 11.4. The van der Waals surface area contributed by atoms with Crippen molar-refractivity contribution in [1.82, 2.24) is 9.27 Å². The van der Waals surface area contributed by atoms with Crippen LogP contribution in [0.3, 0.4) is 0 Å². The molecule has 0 unspecified atom stereocenters. The molecule has 0 aliphatic rings. The summed E-state index contributed by atoms with van der Waals surface area (Å²) in [6, 6.07) is 0. The molecule has 1 aromatic rings. The summed E-state index contributed by atoms with van der Waals surface area (Å²) < 4.78 is 10.7. The van der Waals surface area contributed by atoms with Crippen LogP contribution in [0.5, 0.6) is 0 Å². The molecule has 0 N–H and O–H groups in total. The molecule has 0 radical (unpaired) electrons. The number of hydrogen-bond acceptors (Lipinski definition) is 4. The zero-order chi connectivity index (χ0) is 13.9. The standard InChI is InChI=1S/C12H19BrN2O2S/c1-6-12(3,4)17-11(16)15(5)7-9-8(2)10(13)18-14-9/h6-7H2,1-5H3. The maximum Gasteiger partial charge on any atom is 0.410 e. The number of rotatable bonds is 4. The maximum atomic E-state index is 11.9. The van der Waals surface area contributed by atoms with E-state index in [1.165, 1.54) is 11.5 Å². The van der Waals surface area contributed by atoms with Gasteiger partial charge < -0.3 is 9.64 Å². The van der Waals surface area contributed by atoms with Gasteiger partial charge in [0.15, 0.2) is 0 Å². The molecular formula is C12H19BrN2O2S. The van der Waals surface area contributed by atoms with E-state index < -0.39 is 5.60 Å². The summed E-state index contributed by atoms with van der Waals surface area (Å²) in [7, 11) is 1.72. The van der Waals surface area contributed by atoms with Crippen molar-refractivity contribution in [3.8, 4) is 0 Å². The summed E-state index contributed by atoms with van der Waals surface area (Å²) in [6.45, 7) is 8.26. The third-order valence-corrected chi connectivity index (χ3v) is 4.68. The molecule has 0 bridgehead atoms. The number of carbonyl (C=O) groups is 1. The Morgan fingerprint density at radius 3 is 2.61 bits per heavy atom. The van der Waals surface area contributed by atoms with Crippen LogP contribution in [0.4, 0.5) is 4.79 Å². The minimum Gasteiger partial charge on any atom is -0.443 e. The molecule has 0 aromatic carbocycles. The lowest BCUT2D eigenvalue weighted by Gasteiger charge is -2.26. The summed E-state index contributed by atoms with van der Waals surface area (Å²) >= 11 is 4.81. The molecule has 0 fully saturated rings. The Hall–Kier alpha value is -0.620. The van der Waals surface area contributed by atoms with Crippen LogP contribution >= 0.6 is 27.5 Å². The molecule has 0 aliphatic heterocycles. The second kappa shape index (κ2) is 6.02. The third kappa shape index (κ3) is 3.95. The van der Waals surface area contributed by atoms with E-state index in [-0.39, 0.29) is 6.09 Å². The van der Waals surface area contributed by atoms with Crippen LogP contribution in [0.1, 0.15) is 38.4 Å². The third-order valence-electron chi connectivity index (χ3n) is 2.88. The molecule has 18 heavy (non-hydrogen) atoms. The molecule has 0 saturated heterocycles. The van der Waals surface area contributed by atoms with E-state index in [1.807, 2.05) is 27.7 Å². The van der Waals surface area contributed by atoms with E-state index in [9.17, 15) is 4.79 Å². The van der Waals surface area contributed by atoms with Crippen LogP contribution in [-0.2, 0) is 11.3 Å². The van der Waals surface area contributed by atoms with Crippen molar-refractivity contribution in [3.63, 3.8) is 0 Å². The second-order valence-corrected chi connectivity index (χ2v) is 6.96. The summed E-state index contributed by atoms with van der Waals surface area (Å²) in [5.41, 5.74) is 1.55. The average molecular weight is 335 g/mol. The molecule has 0 aliphatic carbocycles. The van der Waals surface area contributed by atoms with Gasteiger partial charge in [-0.1, -0.05) is 6.92 Å². The van der Waals surface area contributed by atoms with Crippen LogP contribution in [0.25, 0.3) is 0 Å². The molecule has 1 rings (SSSR count). The Morgan fingerprint density at radius 2 is 2.17 bits per heavy atom. The molecular weight excluding hydrogens is 316 g/mol. The second-order valence-electron chi connectivity index (χ2n) is 4.87. The first kappa shape index (κ1) is 15.4. The molecule has 4 nitrogen and oxygen atoms in total. The van der Waals surface area contributed by atoms with Crippen LogP contribution in [0, 0.1) is 6.92 Å². The Morgan fingerprint density at radius 1 is 1.56 bits per heavy atom. The molecule has 6 heteroatoms. The smallest absolute Gasteiger partial charge is 0.410 e. The van der Waals surface area contributed by atoms with Crippen molar-refractivity contribution >= 4 is 33.6 Å². The van der Waals surface area contributed by atoms with Crippen LogP contribution in [-0.4, -0.2) is 28.0 Å². The van der Waals surface area contributed by atoms with E-state index >= 15 is 0 Å². The van der Waals surface area contributed by atoms with E-state index in [2.05, 4.69) is 20.3 Å². The van der Waals surface area contributed by atoms with Gasteiger partial charge in [-0.25, -0.2) is 4.79 Å². The highest BCUT2D eigenvalue weighted by Crippen LogP contribution is 2.25. The highest BCUT2D eigenvalue weighted by Gasteiger charge is 2.23. The van der Waals surface area contributed by atoms with Crippen LogP contribution in [0.15, 0.2) is 3.79 Å². The Bertz CT molecular complexity index is 432. The number of ether oxygens (including phenoxy) is 1. The maximum absolute atomic E-state index is 11.9. The van der Waals surface area contributed by atoms with Gasteiger partial charge in [-0.3, -0.25) is 0 Å². The van der Waals surface area contributed by atoms with Crippen molar-refractivity contribution < 1.29 is 9.53 Å². The van der Waals surface area contributed by atoms with Crippen molar-refractivity contribution in [1.29, 1.82) is 0 Å². The fraction of sp³-hybridized carbons (Fsp3) is 0.667. The number of aromatic nitrogens is 1. The van der Waals surface area contributed by atoms with Gasteiger partial charge in [0.25, 0.3) is 0 Å². The van der Waals surface area contributed by atoms with E-state index in [4.69, 9.17) is 4.74 Å². The number of hydrogen-bond donors (Lipinski definition) is 0. The molecule has 1 amide bonds. The predicted octanol–water partition coefficient (Wildman–Crippen LogP) is 3.97. The fourth-order valence-electron chi connectivity index (χ4n) is 1.17. The lowest BCUT2D eigenvalue weighted by atomic mass is 10.1. The van der Waals surface area contributed by atoms with Gasteiger partial charge in [0, 0.05) is 7.05 Å². The normalized spacial score (nSPS) is 11.4. The SMILES string of the molecule is CCC(C)(C)OC(=O)N(C)Cc1nsc(Br)c1C. The molecule has 0 atom stereocenters. The van der Waals surface area contributed by atoms with Gasteiger partial charge >= 0.3 is 6.09 Å². The van der Waals surface area contributed by atoms with Crippen LogP contribution in [0.2, 0.25) is 0 Å². The zero-order valence-corrected chi connectivity index (χ0v) is 13.8. The first-order valence-corrected chi connectivity index (χ1v) is 7.38. The monoisotopic (exact) mass is 334 g/mol. The van der Waals surface area contributed by atoms with Crippen molar-refractivity contribution in [2.45, 2.75) is 46.3 Å². The average Bonchev–Trinajstić information content (AvgIpc) is 2.60. The van der Waals surface area contributed by atoms with E-state index in [1.54, 1.807) is 11.9 Å². The topological polar surface area (TPSA) is 42.4 Å². The first-order valence-electron chi connectivity index (χ1n) is 5.81. The highest BCUT2D eigenvalue weighted by molar-refractivity contribution is 9.11. The minimum atomic E-state index is -0.428. The van der Waals surface area contributed by atoms with Crippen LogP contribution < -0.4 is 0 Å². The predicted molar refractivity (Wildman–Crippen MR) is 76.9 cm³/mol. The summed E-state index contributed by atoms with van der Waals surface area (Å²) in [5, 5.41) is 0. The van der Waals surface area contributed by atoms with E-state index in [0.717, 1.165) is 21.5 Å². The molecule has 102 valence electrons.